The molecule has 0 bridgehead atoms. The van der Waals surface area contributed by atoms with Crippen molar-refractivity contribution >= 4 is 23.8 Å². The Hall–Kier alpha value is -0.910. The summed E-state index contributed by atoms with van der Waals surface area (Å²) in [5.74, 6) is 0.818. The van der Waals surface area contributed by atoms with Crippen molar-refractivity contribution in [3.8, 4) is 0 Å². The van der Waals surface area contributed by atoms with E-state index in [4.69, 9.17) is 4.74 Å². The van der Waals surface area contributed by atoms with Crippen LogP contribution in [0.25, 0.3) is 0 Å². The van der Waals surface area contributed by atoms with E-state index in [1.807, 2.05) is 13.2 Å². The number of nitrogens with one attached hydrogen (secondary N) is 2. The van der Waals surface area contributed by atoms with E-state index in [9.17, 15) is 9.59 Å². The molecule has 2 N–H and O–H groups in total. The Kier molecular flexibility index (Phi) is 7.82. The van der Waals surface area contributed by atoms with Gasteiger partial charge in [0.2, 0.25) is 5.91 Å². The van der Waals surface area contributed by atoms with E-state index in [0.717, 1.165) is 5.75 Å². The lowest BCUT2D eigenvalue weighted by Gasteiger charge is -2.19. The number of thioether (sulfide) groups is 1. The molecule has 106 valence electrons. The zero-order chi connectivity index (χ0) is 14.2. The van der Waals surface area contributed by atoms with Crippen LogP contribution in [-0.2, 0) is 9.53 Å². The SMILES string of the molecule is CSCC(C)NC(=O)CCNC(=O)OC(C)(C)C. The van der Waals surface area contributed by atoms with Crippen molar-refractivity contribution in [2.24, 2.45) is 0 Å². The zero-order valence-electron chi connectivity index (χ0n) is 11.8. The molecule has 0 saturated carbocycles. The first kappa shape index (κ1) is 17.1. The van der Waals surface area contributed by atoms with Crippen molar-refractivity contribution in [2.45, 2.75) is 45.8 Å². The summed E-state index contributed by atoms with van der Waals surface area (Å²) in [5, 5.41) is 5.40. The molecule has 0 radical (unpaired) electrons. The van der Waals surface area contributed by atoms with E-state index in [1.165, 1.54) is 0 Å². The van der Waals surface area contributed by atoms with E-state index < -0.39 is 11.7 Å². The number of hydrogen-bond donors (Lipinski definition) is 2. The van der Waals surface area contributed by atoms with E-state index in [1.54, 1.807) is 32.5 Å². The predicted octanol–water partition coefficient (Wildman–Crippen LogP) is 1.77. The Morgan fingerprint density at radius 3 is 2.44 bits per heavy atom. The highest BCUT2D eigenvalue weighted by Gasteiger charge is 2.16. The Bertz CT molecular complexity index is 277. The molecule has 0 fully saturated rings. The van der Waals surface area contributed by atoms with Gasteiger partial charge in [-0.25, -0.2) is 4.79 Å². The molecule has 0 saturated heterocycles. The molecule has 6 heteroatoms. The summed E-state index contributed by atoms with van der Waals surface area (Å²) in [7, 11) is 0. The van der Waals surface area contributed by atoms with E-state index in [0.29, 0.717) is 0 Å². The van der Waals surface area contributed by atoms with Crippen LogP contribution in [0.1, 0.15) is 34.1 Å². The van der Waals surface area contributed by atoms with E-state index in [2.05, 4.69) is 10.6 Å². The highest BCUT2D eigenvalue weighted by molar-refractivity contribution is 7.98. The fourth-order valence-electron chi connectivity index (χ4n) is 1.23. The van der Waals surface area contributed by atoms with Gasteiger partial charge in [-0.3, -0.25) is 4.79 Å². The molecule has 0 aromatic carbocycles. The van der Waals surface area contributed by atoms with Crippen LogP contribution in [0, 0.1) is 0 Å². The van der Waals surface area contributed by atoms with Crippen LogP contribution in [0.4, 0.5) is 4.79 Å². The largest absolute Gasteiger partial charge is 0.444 e. The first-order chi connectivity index (χ1) is 8.24. The van der Waals surface area contributed by atoms with Crippen molar-refractivity contribution in [3.05, 3.63) is 0 Å². The smallest absolute Gasteiger partial charge is 0.407 e. The van der Waals surface area contributed by atoms with Crippen LogP contribution >= 0.6 is 11.8 Å². The van der Waals surface area contributed by atoms with Gasteiger partial charge >= 0.3 is 6.09 Å². The number of hydrogen-bond acceptors (Lipinski definition) is 4. The lowest BCUT2D eigenvalue weighted by molar-refractivity contribution is -0.121. The van der Waals surface area contributed by atoms with Crippen molar-refractivity contribution in [1.82, 2.24) is 10.6 Å². The molecule has 0 spiro atoms. The molecule has 1 atom stereocenters. The van der Waals surface area contributed by atoms with Gasteiger partial charge < -0.3 is 15.4 Å². The lowest BCUT2D eigenvalue weighted by Crippen LogP contribution is -2.38. The molecule has 0 aliphatic rings. The molecule has 0 aliphatic carbocycles. The van der Waals surface area contributed by atoms with Gasteiger partial charge in [0.05, 0.1) is 0 Å². The summed E-state index contributed by atoms with van der Waals surface area (Å²) >= 11 is 1.68. The predicted molar refractivity (Wildman–Crippen MR) is 74.8 cm³/mol. The summed E-state index contributed by atoms with van der Waals surface area (Å²) in [6.07, 6.45) is 1.76. The van der Waals surface area contributed by atoms with E-state index in [-0.39, 0.29) is 24.9 Å². The second kappa shape index (κ2) is 8.24. The fraction of sp³-hybridized carbons (Fsp3) is 0.833. The molecular weight excluding hydrogens is 252 g/mol. The third kappa shape index (κ3) is 10.3. The molecule has 18 heavy (non-hydrogen) atoms. The zero-order valence-corrected chi connectivity index (χ0v) is 12.6. The molecular formula is C12H24N2O3S. The molecule has 1 unspecified atom stereocenters. The van der Waals surface area contributed by atoms with Crippen LogP contribution < -0.4 is 10.6 Å². The minimum atomic E-state index is -0.515. The number of carbonyl (C=O) groups is 2. The summed E-state index contributed by atoms with van der Waals surface area (Å²) in [6.45, 7) is 7.62. The Morgan fingerprint density at radius 2 is 1.94 bits per heavy atom. The van der Waals surface area contributed by atoms with Crippen molar-refractivity contribution in [1.29, 1.82) is 0 Å². The topological polar surface area (TPSA) is 67.4 Å². The Labute approximate surface area is 113 Å². The summed E-state index contributed by atoms with van der Waals surface area (Å²) in [5.41, 5.74) is -0.515. The molecule has 0 aromatic rings. The second-order valence-electron chi connectivity index (χ2n) is 5.10. The highest BCUT2D eigenvalue weighted by Crippen LogP contribution is 2.06. The summed E-state index contributed by atoms with van der Waals surface area (Å²) in [6, 6.07) is 0.147. The number of carbonyl (C=O) groups excluding carboxylic acids is 2. The average molecular weight is 276 g/mol. The van der Waals surface area contributed by atoms with Crippen molar-refractivity contribution in [3.63, 3.8) is 0 Å². The number of rotatable bonds is 6. The van der Waals surface area contributed by atoms with Gasteiger partial charge in [-0.2, -0.15) is 11.8 Å². The van der Waals surface area contributed by atoms with Crippen LogP contribution in [0.3, 0.4) is 0 Å². The van der Waals surface area contributed by atoms with Gasteiger partial charge in [-0.1, -0.05) is 0 Å². The molecule has 0 aliphatic heterocycles. The van der Waals surface area contributed by atoms with Crippen molar-refractivity contribution < 1.29 is 14.3 Å². The minimum absolute atomic E-state index is 0.0624. The molecule has 5 nitrogen and oxygen atoms in total. The second-order valence-corrected chi connectivity index (χ2v) is 6.01. The Balaban J connectivity index is 3.71. The third-order valence-electron chi connectivity index (χ3n) is 1.84. The van der Waals surface area contributed by atoms with Crippen LogP contribution in [0.2, 0.25) is 0 Å². The van der Waals surface area contributed by atoms with Gasteiger partial charge in [-0.15, -0.1) is 0 Å². The van der Waals surface area contributed by atoms with Crippen LogP contribution in [0.15, 0.2) is 0 Å². The molecule has 2 amide bonds. The van der Waals surface area contributed by atoms with Crippen LogP contribution in [-0.4, -0.2) is 42.2 Å². The quantitative estimate of drug-likeness (QED) is 0.776. The lowest BCUT2D eigenvalue weighted by atomic mass is 10.2. The monoisotopic (exact) mass is 276 g/mol. The summed E-state index contributed by atoms with van der Waals surface area (Å²) < 4.78 is 5.05. The third-order valence-corrected chi connectivity index (χ3v) is 2.68. The normalized spacial score (nSPS) is 12.7. The van der Waals surface area contributed by atoms with Gasteiger partial charge in [0.15, 0.2) is 0 Å². The van der Waals surface area contributed by atoms with Gasteiger partial charge in [0.1, 0.15) is 5.60 Å². The number of alkyl carbamates (subject to hydrolysis) is 1. The fourth-order valence-corrected chi connectivity index (χ4v) is 1.81. The highest BCUT2D eigenvalue weighted by atomic mass is 32.2. The molecule has 0 aromatic heterocycles. The van der Waals surface area contributed by atoms with Crippen LogP contribution in [0.5, 0.6) is 0 Å². The van der Waals surface area contributed by atoms with E-state index >= 15 is 0 Å². The maximum Gasteiger partial charge on any atom is 0.407 e. The minimum Gasteiger partial charge on any atom is -0.444 e. The Morgan fingerprint density at radius 1 is 1.33 bits per heavy atom. The van der Waals surface area contributed by atoms with Gasteiger partial charge in [-0.05, 0) is 34.0 Å². The van der Waals surface area contributed by atoms with Gasteiger partial charge in [0.25, 0.3) is 0 Å². The maximum atomic E-state index is 11.5. The van der Waals surface area contributed by atoms with Gasteiger partial charge in [0, 0.05) is 24.8 Å². The standard InChI is InChI=1S/C12H24N2O3S/c1-9(8-18-5)14-10(15)6-7-13-11(16)17-12(2,3)4/h9H,6-8H2,1-5H3,(H,13,16)(H,14,15). The summed E-state index contributed by atoms with van der Waals surface area (Å²) in [4.78, 5) is 22.8. The maximum absolute atomic E-state index is 11.5. The first-order valence-corrected chi connectivity index (χ1v) is 7.39. The van der Waals surface area contributed by atoms with Crippen molar-refractivity contribution in [2.75, 3.05) is 18.6 Å². The molecule has 0 rings (SSSR count). The average Bonchev–Trinajstić information content (AvgIpc) is 2.14. The molecule has 0 heterocycles. The number of ether oxygens (including phenoxy) is 1. The first-order valence-electron chi connectivity index (χ1n) is 5.99. The number of amides is 2.